The molecular formula is C17H20BrClN2O2S. The summed E-state index contributed by atoms with van der Waals surface area (Å²) >= 11 is 3.37. The Bertz CT molecular complexity index is 815. The van der Waals surface area contributed by atoms with Gasteiger partial charge in [-0.1, -0.05) is 46.3 Å². The highest BCUT2D eigenvalue weighted by Crippen LogP contribution is 2.31. The van der Waals surface area contributed by atoms with Crippen molar-refractivity contribution in [2.75, 3.05) is 13.1 Å². The minimum atomic E-state index is -3.53. The van der Waals surface area contributed by atoms with Crippen LogP contribution in [-0.4, -0.2) is 31.9 Å². The van der Waals surface area contributed by atoms with E-state index in [0.29, 0.717) is 18.0 Å². The number of aryl methyl sites for hydroxylation is 1. The van der Waals surface area contributed by atoms with Gasteiger partial charge in [0.2, 0.25) is 10.0 Å². The minimum absolute atomic E-state index is 0. The Morgan fingerprint density at radius 2 is 1.79 bits per heavy atom. The first kappa shape index (κ1) is 19.4. The molecule has 0 amide bonds. The molecular weight excluding hydrogens is 412 g/mol. The molecule has 0 unspecified atom stereocenters. The summed E-state index contributed by atoms with van der Waals surface area (Å²) in [6.45, 7) is 2.57. The van der Waals surface area contributed by atoms with Crippen molar-refractivity contribution in [3.05, 3.63) is 64.1 Å². The Balaban J connectivity index is 0.00000208. The number of hydrogen-bond acceptors (Lipinski definition) is 3. The molecule has 0 radical (unpaired) electrons. The van der Waals surface area contributed by atoms with Gasteiger partial charge in [0.25, 0.3) is 0 Å². The first-order valence-corrected chi connectivity index (χ1v) is 9.70. The third-order valence-corrected chi connectivity index (χ3v) is 6.80. The third kappa shape index (κ3) is 3.68. The molecule has 2 atom stereocenters. The molecule has 2 aromatic rings. The summed E-state index contributed by atoms with van der Waals surface area (Å²) in [7, 11) is -3.53. The van der Waals surface area contributed by atoms with E-state index in [-0.39, 0.29) is 24.4 Å². The van der Waals surface area contributed by atoms with Crippen LogP contribution in [0, 0.1) is 6.92 Å². The van der Waals surface area contributed by atoms with Gasteiger partial charge in [0, 0.05) is 29.5 Å². The molecule has 3 rings (SSSR count). The van der Waals surface area contributed by atoms with Crippen molar-refractivity contribution in [2.45, 2.75) is 23.8 Å². The van der Waals surface area contributed by atoms with Gasteiger partial charge in [-0.25, -0.2) is 8.42 Å². The van der Waals surface area contributed by atoms with Crippen molar-refractivity contribution in [1.29, 1.82) is 0 Å². The molecule has 2 aromatic carbocycles. The van der Waals surface area contributed by atoms with E-state index in [1.807, 2.05) is 43.3 Å². The van der Waals surface area contributed by atoms with E-state index in [0.717, 1.165) is 15.6 Å². The van der Waals surface area contributed by atoms with E-state index in [1.54, 1.807) is 12.1 Å². The fourth-order valence-electron chi connectivity index (χ4n) is 3.08. The molecule has 1 heterocycles. The summed E-state index contributed by atoms with van der Waals surface area (Å²) in [4.78, 5) is 0.349. The molecule has 1 aliphatic rings. The lowest BCUT2D eigenvalue weighted by Gasteiger charge is -2.18. The fourth-order valence-corrected chi connectivity index (χ4v) is 5.27. The molecule has 2 N–H and O–H groups in total. The molecule has 7 heteroatoms. The van der Waals surface area contributed by atoms with Crippen LogP contribution in [0.5, 0.6) is 0 Å². The fraction of sp³-hybridized carbons (Fsp3) is 0.294. The summed E-state index contributed by atoms with van der Waals surface area (Å²) in [6, 6.07) is 14.9. The first-order valence-electron chi connectivity index (χ1n) is 7.46. The van der Waals surface area contributed by atoms with Crippen molar-refractivity contribution < 1.29 is 8.42 Å². The second kappa shape index (κ2) is 7.54. The van der Waals surface area contributed by atoms with Crippen molar-refractivity contribution in [1.82, 2.24) is 4.31 Å². The molecule has 1 aliphatic heterocycles. The number of rotatable bonds is 3. The van der Waals surface area contributed by atoms with Crippen molar-refractivity contribution >= 4 is 38.4 Å². The van der Waals surface area contributed by atoms with Gasteiger partial charge >= 0.3 is 0 Å². The first-order chi connectivity index (χ1) is 10.9. The van der Waals surface area contributed by atoms with Gasteiger partial charge in [0.05, 0.1) is 4.90 Å². The molecule has 130 valence electrons. The second-order valence-corrected chi connectivity index (χ2v) is 8.73. The van der Waals surface area contributed by atoms with Gasteiger partial charge in [0.15, 0.2) is 0 Å². The largest absolute Gasteiger partial charge is 0.326 e. The van der Waals surface area contributed by atoms with Crippen LogP contribution < -0.4 is 5.73 Å². The van der Waals surface area contributed by atoms with Gasteiger partial charge in [0.1, 0.15) is 0 Å². The Morgan fingerprint density at radius 1 is 1.12 bits per heavy atom. The number of nitrogens with zero attached hydrogens (tertiary/aromatic N) is 1. The maximum absolute atomic E-state index is 12.9. The Hall–Kier alpha value is -0.920. The van der Waals surface area contributed by atoms with Gasteiger partial charge in [-0.2, -0.15) is 4.31 Å². The normalized spacial score (nSPS) is 21.5. The van der Waals surface area contributed by atoms with Crippen LogP contribution in [0.15, 0.2) is 57.9 Å². The quantitative estimate of drug-likeness (QED) is 0.811. The zero-order valence-electron chi connectivity index (χ0n) is 13.2. The molecule has 0 aliphatic carbocycles. The molecule has 0 spiro atoms. The zero-order chi connectivity index (χ0) is 16.6. The summed E-state index contributed by atoms with van der Waals surface area (Å²) in [5.41, 5.74) is 8.05. The molecule has 1 saturated heterocycles. The van der Waals surface area contributed by atoms with E-state index in [2.05, 4.69) is 15.9 Å². The van der Waals surface area contributed by atoms with Gasteiger partial charge in [-0.05, 0) is 36.2 Å². The van der Waals surface area contributed by atoms with Crippen molar-refractivity contribution in [3.63, 3.8) is 0 Å². The van der Waals surface area contributed by atoms with Crippen LogP contribution in [-0.2, 0) is 10.0 Å². The van der Waals surface area contributed by atoms with Gasteiger partial charge in [-0.15, -0.1) is 12.4 Å². The summed E-state index contributed by atoms with van der Waals surface area (Å²) in [5, 5.41) is 0. The SMILES string of the molecule is Cc1cc(Br)ccc1S(=O)(=O)N1C[C@@H](N)[C@H](c2ccccc2)C1.Cl. The zero-order valence-corrected chi connectivity index (χ0v) is 16.4. The maximum Gasteiger partial charge on any atom is 0.243 e. The highest BCUT2D eigenvalue weighted by molar-refractivity contribution is 9.10. The standard InChI is InChI=1S/C17H19BrN2O2S.ClH/c1-12-9-14(18)7-8-17(12)23(21,22)20-10-15(16(19)11-20)13-5-3-2-4-6-13;/h2-9,15-16H,10-11,19H2,1H3;1H/t15-,16+;/m0./s1. The Morgan fingerprint density at radius 3 is 2.42 bits per heavy atom. The predicted molar refractivity (Wildman–Crippen MR) is 102 cm³/mol. The van der Waals surface area contributed by atoms with Crippen LogP contribution in [0.25, 0.3) is 0 Å². The summed E-state index contributed by atoms with van der Waals surface area (Å²) < 4.78 is 28.3. The molecule has 24 heavy (non-hydrogen) atoms. The lowest BCUT2D eigenvalue weighted by atomic mass is 9.95. The summed E-state index contributed by atoms with van der Waals surface area (Å²) in [5.74, 6) is 0.0294. The van der Waals surface area contributed by atoms with Crippen LogP contribution in [0.4, 0.5) is 0 Å². The number of halogens is 2. The lowest BCUT2D eigenvalue weighted by Crippen LogP contribution is -2.32. The van der Waals surface area contributed by atoms with E-state index in [4.69, 9.17) is 5.73 Å². The monoisotopic (exact) mass is 430 g/mol. The average molecular weight is 432 g/mol. The molecule has 0 saturated carbocycles. The number of nitrogens with two attached hydrogens (primary N) is 1. The van der Waals surface area contributed by atoms with E-state index < -0.39 is 10.0 Å². The van der Waals surface area contributed by atoms with Crippen molar-refractivity contribution in [3.8, 4) is 0 Å². The van der Waals surface area contributed by atoms with E-state index in [9.17, 15) is 8.42 Å². The van der Waals surface area contributed by atoms with Crippen LogP contribution in [0.1, 0.15) is 17.0 Å². The number of sulfonamides is 1. The van der Waals surface area contributed by atoms with Crippen LogP contribution >= 0.6 is 28.3 Å². The third-order valence-electron chi connectivity index (χ3n) is 4.31. The number of benzene rings is 2. The maximum atomic E-state index is 12.9. The van der Waals surface area contributed by atoms with Crippen LogP contribution in [0.3, 0.4) is 0 Å². The smallest absolute Gasteiger partial charge is 0.243 e. The van der Waals surface area contributed by atoms with Crippen molar-refractivity contribution in [2.24, 2.45) is 5.73 Å². The Labute approximate surface area is 157 Å². The van der Waals surface area contributed by atoms with E-state index in [1.165, 1.54) is 4.31 Å². The van der Waals surface area contributed by atoms with Gasteiger partial charge in [-0.3, -0.25) is 0 Å². The molecule has 0 bridgehead atoms. The highest BCUT2D eigenvalue weighted by atomic mass is 79.9. The highest BCUT2D eigenvalue weighted by Gasteiger charge is 2.38. The minimum Gasteiger partial charge on any atom is -0.326 e. The summed E-state index contributed by atoms with van der Waals surface area (Å²) in [6.07, 6.45) is 0. The Kier molecular flexibility index (Phi) is 6.09. The van der Waals surface area contributed by atoms with E-state index >= 15 is 0 Å². The average Bonchev–Trinajstić information content (AvgIpc) is 2.90. The van der Waals surface area contributed by atoms with Gasteiger partial charge < -0.3 is 5.73 Å². The molecule has 1 fully saturated rings. The molecule has 0 aromatic heterocycles. The predicted octanol–water partition coefficient (Wildman–Crippen LogP) is 3.29. The number of hydrogen-bond donors (Lipinski definition) is 1. The van der Waals surface area contributed by atoms with Crippen LogP contribution in [0.2, 0.25) is 0 Å². The molecule has 4 nitrogen and oxygen atoms in total. The topological polar surface area (TPSA) is 63.4 Å². The lowest BCUT2D eigenvalue weighted by molar-refractivity contribution is 0.469. The second-order valence-electron chi connectivity index (χ2n) is 5.91.